The van der Waals surface area contributed by atoms with Crippen molar-refractivity contribution in [1.82, 2.24) is 0 Å². The number of piperidine rings is 1. The quantitative estimate of drug-likeness (QED) is 0.648. The van der Waals surface area contributed by atoms with Crippen LogP contribution in [0.2, 0.25) is 0 Å². The van der Waals surface area contributed by atoms with Gasteiger partial charge in [-0.1, -0.05) is 0 Å². The second-order valence-electron chi connectivity index (χ2n) is 4.26. The number of rotatable bonds is 3. The smallest absolute Gasteiger partial charge is 0.259 e. The van der Waals surface area contributed by atoms with Gasteiger partial charge in [0.15, 0.2) is 5.88 Å². The molecule has 1 aromatic heterocycles. The van der Waals surface area contributed by atoms with E-state index in [0.29, 0.717) is 5.76 Å². The van der Waals surface area contributed by atoms with Gasteiger partial charge in [-0.2, -0.15) is 5.26 Å². The van der Waals surface area contributed by atoms with E-state index in [0.717, 1.165) is 31.8 Å². The molecular formula is C13H15N3O2. The van der Waals surface area contributed by atoms with Gasteiger partial charge >= 0.3 is 0 Å². The Labute approximate surface area is 105 Å². The van der Waals surface area contributed by atoms with Gasteiger partial charge in [-0.15, -0.1) is 0 Å². The van der Waals surface area contributed by atoms with Gasteiger partial charge in [-0.3, -0.25) is 4.79 Å². The average molecular weight is 245 g/mol. The standard InChI is InChI=1S/C13H15N3O2/c14-9-10(13(15)17)8-11-4-5-12(18-11)16-6-2-1-3-7-16/h4-5,8H,1-3,6-7H2,(H2,15,17)/b10-8+. The van der Waals surface area contributed by atoms with Gasteiger partial charge in [0, 0.05) is 25.2 Å². The Morgan fingerprint density at radius 2 is 2.11 bits per heavy atom. The fraction of sp³-hybridized carbons (Fsp3) is 0.385. The van der Waals surface area contributed by atoms with E-state index < -0.39 is 5.91 Å². The summed E-state index contributed by atoms with van der Waals surface area (Å²) >= 11 is 0. The maximum absolute atomic E-state index is 10.9. The lowest BCUT2D eigenvalue weighted by Crippen LogP contribution is -2.28. The van der Waals surface area contributed by atoms with E-state index in [4.69, 9.17) is 15.4 Å². The van der Waals surface area contributed by atoms with Gasteiger partial charge < -0.3 is 15.1 Å². The van der Waals surface area contributed by atoms with Gasteiger partial charge in [0.05, 0.1) is 0 Å². The number of carbonyl (C=O) groups is 1. The van der Waals surface area contributed by atoms with Crippen molar-refractivity contribution in [3.8, 4) is 6.07 Å². The van der Waals surface area contributed by atoms with Crippen LogP contribution >= 0.6 is 0 Å². The molecule has 0 aromatic carbocycles. The second-order valence-corrected chi connectivity index (χ2v) is 4.26. The number of primary amides is 1. The summed E-state index contributed by atoms with van der Waals surface area (Å²) in [4.78, 5) is 13.1. The number of hydrogen-bond acceptors (Lipinski definition) is 4. The van der Waals surface area contributed by atoms with Crippen LogP contribution in [0.5, 0.6) is 0 Å². The monoisotopic (exact) mass is 245 g/mol. The number of anilines is 1. The molecule has 1 aliphatic rings. The molecule has 2 rings (SSSR count). The second kappa shape index (κ2) is 5.41. The minimum atomic E-state index is -0.742. The first kappa shape index (κ1) is 12.2. The Hall–Kier alpha value is -2.22. The molecule has 0 radical (unpaired) electrons. The van der Waals surface area contributed by atoms with Crippen molar-refractivity contribution >= 4 is 17.9 Å². The van der Waals surface area contributed by atoms with E-state index in [9.17, 15) is 4.79 Å². The van der Waals surface area contributed by atoms with Crippen molar-refractivity contribution in [2.24, 2.45) is 5.73 Å². The predicted octanol–water partition coefficient (Wildman–Crippen LogP) is 1.66. The molecule has 1 aromatic rings. The van der Waals surface area contributed by atoms with Gasteiger partial charge in [-0.25, -0.2) is 0 Å². The Bertz CT molecular complexity index is 505. The minimum absolute atomic E-state index is 0.102. The molecule has 1 saturated heterocycles. The van der Waals surface area contributed by atoms with Crippen molar-refractivity contribution in [1.29, 1.82) is 5.26 Å². The highest BCUT2D eigenvalue weighted by Gasteiger charge is 2.14. The van der Waals surface area contributed by atoms with Crippen LogP contribution in [0, 0.1) is 11.3 Å². The molecular weight excluding hydrogens is 230 g/mol. The first-order valence-corrected chi connectivity index (χ1v) is 5.97. The van der Waals surface area contributed by atoms with Crippen LogP contribution in [0.1, 0.15) is 25.0 Å². The Morgan fingerprint density at radius 1 is 1.39 bits per heavy atom. The summed E-state index contributed by atoms with van der Waals surface area (Å²) in [5.74, 6) is 0.516. The fourth-order valence-corrected chi connectivity index (χ4v) is 2.00. The summed E-state index contributed by atoms with van der Waals surface area (Å²) in [6, 6.07) is 5.35. The minimum Gasteiger partial charge on any atom is -0.441 e. The summed E-state index contributed by atoms with van der Waals surface area (Å²) in [6.45, 7) is 1.97. The van der Waals surface area contributed by atoms with E-state index in [1.807, 2.05) is 6.07 Å². The Kier molecular flexibility index (Phi) is 3.68. The maximum atomic E-state index is 10.9. The van der Waals surface area contributed by atoms with Crippen LogP contribution in [0.15, 0.2) is 22.1 Å². The molecule has 1 amide bonds. The molecule has 18 heavy (non-hydrogen) atoms. The highest BCUT2D eigenvalue weighted by Crippen LogP contribution is 2.23. The molecule has 94 valence electrons. The van der Waals surface area contributed by atoms with E-state index in [2.05, 4.69) is 4.90 Å². The van der Waals surface area contributed by atoms with Crippen LogP contribution in [0.3, 0.4) is 0 Å². The van der Waals surface area contributed by atoms with Crippen LogP contribution in [0.4, 0.5) is 5.88 Å². The highest BCUT2D eigenvalue weighted by atomic mass is 16.4. The molecule has 1 fully saturated rings. The normalized spacial score (nSPS) is 16.4. The lowest BCUT2D eigenvalue weighted by atomic mass is 10.1. The number of furan rings is 1. The molecule has 0 bridgehead atoms. The third kappa shape index (κ3) is 2.72. The zero-order valence-electron chi connectivity index (χ0n) is 10.1. The molecule has 0 spiro atoms. The number of hydrogen-bond donors (Lipinski definition) is 1. The highest BCUT2D eigenvalue weighted by molar-refractivity contribution is 6.00. The molecule has 0 saturated carbocycles. The van der Waals surface area contributed by atoms with Crippen molar-refractivity contribution in [3.63, 3.8) is 0 Å². The van der Waals surface area contributed by atoms with Crippen molar-refractivity contribution < 1.29 is 9.21 Å². The van der Waals surface area contributed by atoms with Gasteiger partial charge in [0.25, 0.3) is 5.91 Å². The summed E-state index contributed by atoms with van der Waals surface area (Å²) in [7, 11) is 0. The third-order valence-corrected chi connectivity index (χ3v) is 2.95. The van der Waals surface area contributed by atoms with E-state index >= 15 is 0 Å². The largest absolute Gasteiger partial charge is 0.441 e. The summed E-state index contributed by atoms with van der Waals surface area (Å²) in [5, 5.41) is 8.74. The average Bonchev–Trinajstić information content (AvgIpc) is 2.85. The number of carbonyl (C=O) groups excluding carboxylic acids is 1. The topological polar surface area (TPSA) is 83.3 Å². The molecule has 2 N–H and O–H groups in total. The molecule has 1 aliphatic heterocycles. The van der Waals surface area contributed by atoms with Crippen molar-refractivity contribution in [3.05, 3.63) is 23.5 Å². The Morgan fingerprint density at radius 3 is 2.72 bits per heavy atom. The van der Waals surface area contributed by atoms with Crippen molar-refractivity contribution in [2.45, 2.75) is 19.3 Å². The van der Waals surface area contributed by atoms with Crippen LogP contribution < -0.4 is 10.6 Å². The SMILES string of the molecule is N#C/C(=C\c1ccc(N2CCCCC2)o1)C(N)=O. The first-order chi connectivity index (χ1) is 8.70. The number of nitriles is 1. The number of nitrogens with zero attached hydrogens (tertiary/aromatic N) is 2. The summed E-state index contributed by atoms with van der Waals surface area (Å²) in [5.41, 5.74) is 4.96. The molecule has 0 aliphatic carbocycles. The van der Waals surface area contributed by atoms with Crippen LogP contribution in [-0.4, -0.2) is 19.0 Å². The maximum Gasteiger partial charge on any atom is 0.259 e. The molecule has 5 heteroatoms. The zero-order chi connectivity index (χ0) is 13.0. The summed E-state index contributed by atoms with van der Waals surface area (Å²) in [6.07, 6.45) is 4.95. The Balaban J connectivity index is 2.15. The first-order valence-electron chi connectivity index (χ1n) is 5.97. The molecule has 2 heterocycles. The van der Waals surface area contributed by atoms with Gasteiger partial charge in [0.2, 0.25) is 0 Å². The van der Waals surface area contributed by atoms with Gasteiger partial charge in [0.1, 0.15) is 17.4 Å². The van der Waals surface area contributed by atoms with E-state index in [-0.39, 0.29) is 5.57 Å². The predicted molar refractivity (Wildman–Crippen MR) is 67.6 cm³/mol. The number of nitrogens with two attached hydrogens (primary N) is 1. The van der Waals surface area contributed by atoms with Crippen LogP contribution in [-0.2, 0) is 4.79 Å². The van der Waals surface area contributed by atoms with Gasteiger partial charge in [-0.05, 0) is 25.3 Å². The van der Waals surface area contributed by atoms with Crippen LogP contribution in [0.25, 0.3) is 6.08 Å². The van der Waals surface area contributed by atoms with Crippen molar-refractivity contribution in [2.75, 3.05) is 18.0 Å². The summed E-state index contributed by atoms with van der Waals surface area (Å²) < 4.78 is 5.60. The third-order valence-electron chi connectivity index (χ3n) is 2.95. The van der Waals surface area contributed by atoms with E-state index in [1.165, 1.54) is 12.5 Å². The zero-order valence-corrected chi connectivity index (χ0v) is 10.1. The number of amides is 1. The molecule has 0 atom stereocenters. The molecule has 5 nitrogen and oxygen atoms in total. The lowest BCUT2D eigenvalue weighted by Gasteiger charge is -2.25. The molecule has 0 unspecified atom stereocenters. The fourth-order valence-electron chi connectivity index (χ4n) is 2.00. The van der Waals surface area contributed by atoms with E-state index in [1.54, 1.807) is 12.1 Å². The lowest BCUT2D eigenvalue weighted by molar-refractivity contribution is -0.114.